The Hall–Kier alpha value is -1.31. The Kier molecular flexibility index (Phi) is 5.03. The summed E-state index contributed by atoms with van der Waals surface area (Å²) in [6, 6.07) is 7.84. The Bertz CT molecular complexity index is 717. The molecule has 2 saturated heterocycles. The third-order valence-electron chi connectivity index (χ3n) is 4.66. The van der Waals surface area contributed by atoms with Crippen molar-refractivity contribution in [3.05, 3.63) is 24.3 Å². The highest BCUT2D eigenvalue weighted by atomic mass is 35.7. The molecule has 8 heteroatoms. The summed E-state index contributed by atoms with van der Waals surface area (Å²) >= 11 is 0. The third kappa shape index (κ3) is 4.02. The third-order valence-corrected chi connectivity index (χ3v) is 5.90. The largest absolute Gasteiger partial charge is 0.367 e. The zero-order valence-electron chi connectivity index (χ0n) is 13.7. The molecule has 132 valence electrons. The van der Waals surface area contributed by atoms with E-state index in [1.54, 1.807) is 4.90 Å². The number of hydrogen-bond donors (Lipinski definition) is 0. The Morgan fingerprint density at radius 1 is 1.12 bits per heavy atom. The first-order chi connectivity index (χ1) is 11.3. The zero-order valence-corrected chi connectivity index (χ0v) is 15.3. The second-order valence-corrected chi connectivity index (χ2v) is 9.38. The second kappa shape index (κ2) is 6.90. The molecule has 1 aromatic carbocycles. The van der Waals surface area contributed by atoms with Gasteiger partial charge in [-0.15, -0.1) is 0 Å². The van der Waals surface area contributed by atoms with Gasteiger partial charge in [0.25, 0.3) is 0 Å². The number of anilines is 2. The van der Waals surface area contributed by atoms with E-state index in [4.69, 9.17) is 10.7 Å². The van der Waals surface area contributed by atoms with Gasteiger partial charge in [-0.25, -0.2) is 8.42 Å². The number of para-hydroxylation sites is 2. The maximum absolute atomic E-state index is 12.4. The normalized spacial score (nSPS) is 23.1. The molecule has 1 atom stereocenters. The SMILES string of the molecule is CN1CCN(c2ccccc2N2CC(CS(=O)(=O)Cl)CC2=O)CC1. The maximum atomic E-state index is 12.4. The van der Waals surface area contributed by atoms with Gasteiger partial charge in [-0.3, -0.25) is 4.79 Å². The van der Waals surface area contributed by atoms with Gasteiger partial charge in [0.1, 0.15) is 0 Å². The van der Waals surface area contributed by atoms with Gasteiger partial charge in [0.05, 0.1) is 17.1 Å². The highest BCUT2D eigenvalue weighted by Gasteiger charge is 2.34. The smallest absolute Gasteiger partial charge is 0.232 e. The monoisotopic (exact) mass is 371 g/mol. The number of carbonyl (C=O) groups excluding carboxylic acids is 1. The van der Waals surface area contributed by atoms with Gasteiger partial charge in [-0.05, 0) is 19.2 Å². The van der Waals surface area contributed by atoms with Crippen molar-refractivity contribution < 1.29 is 13.2 Å². The fourth-order valence-electron chi connectivity index (χ4n) is 3.41. The first-order valence-electron chi connectivity index (χ1n) is 8.09. The zero-order chi connectivity index (χ0) is 17.3. The molecule has 2 aliphatic rings. The number of carbonyl (C=O) groups is 1. The lowest BCUT2D eigenvalue weighted by Gasteiger charge is -2.36. The Morgan fingerprint density at radius 3 is 2.38 bits per heavy atom. The predicted molar refractivity (Wildman–Crippen MR) is 96.3 cm³/mol. The van der Waals surface area contributed by atoms with Crippen LogP contribution in [0, 0.1) is 5.92 Å². The molecule has 0 aliphatic carbocycles. The van der Waals surface area contributed by atoms with E-state index < -0.39 is 9.05 Å². The van der Waals surface area contributed by atoms with Crippen LogP contribution in [-0.2, 0) is 13.8 Å². The van der Waals surface area contributed by atoms with Crippen LogP contribution in [-0.4, -0.2) is 64.7 Å². The average Bonchev–Trinajstić information content (AvgIpc) is 2.86. The molecular formula is C16H22ClN3O3S. The minimum absolute atomic E-state index is 0.0399. The molecule has 0 N–H and O–H groups in total. The number of piperazine rings is 1. The molecule has 2 heterocycles. The number of benzene rings is 1. The molecule has 24 heavy (non-hydrogen) atoms. The molecule has 1 amide bonds. The highest BCUT2D eigenvalue weighted by Crippen LogP contribution is 2.34. The second-order valence-electron chi connectivity index (χ2n) is 6.56. The van der Waals surface area contributed by atoms with Crippen LogP contribution in [0.15, 0.2) is 24.3 Å². The van der Waals surface area contributed by atoms with Crippen molar-refractivity contribution in [3.8, 4) is 0 Å². The van der Waals surface area contributed by atoms with Crippen LogP contribution in [0.25, 0.3) is 0 Å². The molecule has 2 aliphatic heterocycles. The number of rotatable bonds is 4. The number of hydrogen-bond acceptors (Lipinski definition) is 5. The van der Waals surface area contributed by atoms with E-state index in [1.807, 2.05) is 24.3 Å². The summed E-state index contributed by atoms with van der Waals surface area (Å²) in [5.41, 5.74) is 1.90. The van der Waals surface area contributed by atoms with Crippen LogP contribution in [0.3, 0.4) is 0 Å². The Morgan fingerprint density at radius 2 is 1.75 bits per heavy atom. The van der Waals surface area contributed by atoms with Crippen LogP contribution >= 0.6 is 10.7 Å². The van der Waals surface area contributed by atoms with Gasteiger partial charge < -0.3 is 14.7 Å². The van der Waals surface area contributed by atoms with Crippen molar-refractivity contribution in [2.75, 3.05) is 55.3 Å². The minimum Gasteiger partial charge on any atom is -0.367 e. The van der Waals surface area contributed by atoms with Crippen molar-refractivity contribution in [2.45, 2.75) is 6.42 Å². The van der Waals surface area contributed by atoms with E-state index in [-0.39, 0.29) is 24.0 Å². The standard InChI is InChI=1S/C16H22ClN3O3S/c1-18-6-8-19(9-7-18)14-4-2-3-5-15(14)20-11-13(10-16(20)21)12-24(17,22)23/h2-5,13H,6-12H2,1H3. The summed E-state index contributed by atoms with van der Waals surface area (Å²) in [5, 5.41) is 0. The van der Waals surface area contributed by atoms with Crippen LogP contribution in [0.1, 0.15) is 6.42 Å². The van der Waals surface area contributed by atoms with Crippen molar-refractivity contribution in [1.82, 2.24) is 4.90 Å². The number of amides is 1. The molecule has 0 saturated carbocycles. The van der Waals surface area contributed by atoms with E-state index in [1.165, 1.54) is 0 Å². The molecular weight excluding hydrogens is 350 g/mol. The molecule has 3 rings (SSSR count). The van der Waals surface area contributed by atoms with E-state index in [2.05, 4.69) is 16.8 Å². The van der Waals surface area contributed by atoms with Crippen molar-refractivity contribution in [2.24, 2.45) is 5.92 Å². The summed E-state index contributed by atoms with van der Waals surface area (Å²) < 4.78 is 22.6. The Labute approximate surface area is 147 Å². The van der Waals surface area contributed by atoms with Gasteiger partial charge in [0.15, 0.2) is 0 Å². The van der Waals surface area contributed by atoms with Crippen LogP contribution in [0.5, 0.6) is 0 Å². The molecule has 1 unspecified atom stereocenters. The van der Waals surface area contributed by atoms with E-state index >= 15 is 0 Å². The summed E-state index contributed by atoms with van der Waals surface area (Å²) in [6.07, 6.45) is 0.225. The van der Waals surface area contributed by atoms with Crippen LogP contribution in [0.2, 0.25) is 0 Å². The van der Waals surface area contributed by atoms with E-state index in [0.29, 0.717) is 6.54 Å². The van der Waals surface area contributed by atoms with Crippen LogP contribution in [0.4, 0.5) is 11.4 Å². The number of halogens is 1. The first kappa shape index (κ1) is 17.5. The van der Waals surface area contributed by atoms with Crippen molar-refractivity contribution in [3.63, 3.8) is 0 Å². The lowest BCUT2D eigenvalue weighted by atomic mass is 10.1. The maximum Gasteiger partial charge on any atom is 0.232 e. The van der Waals surface area contributed by atoms with Crippen LogP contribution < -0.4 is 9.80 Å². The van der Waals surface area contributed by atoms with E-state index in [0.717, 1.165) is 37.6 Å². The van der Waals surface area contributed by atoms with E-state index in [9.17, 15) is 13.2 Å². The fraction of sp³-hybridized carbons (Fsp3) is 0.562. The van der Waals surface area contributed by atoms with Crippen molar-refractivity contribution in [1.29, 1.82) is 0 Å². The predicted octanol–water partition coefficient (Wildman–Crippen LogP) is 1.36. The van der Waals surface area contributed by atoms with Gasteiger partial charge in [0.2, 0.25) is 15.0 Å². The summed E-state index contributed by atoms with van der Waals surface area (Å²) in [5.74, 6) is -0.449. The number of nitrogens with zero attached hydrogens (tertiary/aromatic N) is 3. The lowest BCUT2D eigenvalue weighted by Crippen LogP contribution is -2.45. The summed E-state index contributed by atoms with van der Waals surface area (Å²) in [6.45, 7) is 4.18. The average molecular weight is 372 g/mol. The van der Waals surface area contributed by atoms with Gasteiger partial charge >= 0.3 is 0 Å². The lowest BCUT2D eigenvalue weighted by molar-refractivity contribution is -0.117. The fourth-order valence-corrected chi connectivity index (χ4v) is 4.74. The van der Waals surface area contributed by atoms with Crippen molar-refractivity contribution >= 4 is 37.0 Å². The molecule has 2 fully saturated rings. The molecule has 6 nitrogen and oxygen atoms in total. The molecule has 0 spiro atoms. The minimum atomic E-state index is -3.60. The topological polar surface area (TPSA) is 60.9 Å². The number of likely N-dealkylation sites (N-methyl/N-ethyl adjacent to an activating group) is 1. The highest BCUT2D eigenvalue weighted by molar-refractivity contribution is 8.13. The molecule has 0 radical (unpaired) electrons. The van der Waals surface area contributed by atoms with Gasteiger partial charge in [0, 0.05) is 55.7 Å². The molecule has 0 aromatic heterocycles. The summed E-state index contributed by atoms with van der Waals surface area (Å²) in [7, 11) is 3.86. The molecule has 1 aromatic rings. The first-order valence-corrected chi connectivity index (χ1v) is 10.6. The quantitative estimate of drug-likeness (QED) is 0.748. The molecule has 0 bridgehead atoms. The summed E-state index contributed by atoms with van der Waals surface area (Å²) in [4.78, 5) is 18.7. The van der Waals surface area contributed by atoms with Gasteiger partial charge in [-0.1, -0.05) is 12.1 Å². The van der Waals surface area contributed by atoms with Gasteiger partial charge in [-0.2, -0.15) is 0 Å². The Balaban J connectivity index is 1.81.